The number of carboxylic acids is 1. The molecule has 1 aromatic heterocycles. The smallest absolute Gasteiger partial charge is 0.317 e. The second-order valence-corrected chi connectivity index (χ2v) is 5.20. The molecular formula is C13H20N4O3. The number of likely N-dealkylation sites (tertiary alicyclic amines) is 1. The minimum atomic E-state index is -0.805. The fraction of sp³-hybridized carbons (Fsp3) is 0.615. The summed E-state index contributed by atoms with van der Waals surface area (Å²) in [4.78, 5) is 32.0. The number of aliphatic carboxylic acids is 1. The fourth-order valence-corrected chi connectivity index (χ4v) is 2.68. The predicted octanol–water partition coefficient (Wildman–Crippen LogP) is 1.20. The number of aromatic nitrogens is 2. The lowest BCUT2D eigenvalue weighted by Crippen LogP contribution is -2.41. The lowest BCUT2D eigenvalue weighted by atomic mass is 9.83. The standard InChI is InChI=1S/C13H20N4O3/c1-2-3-13(11(18)19)4-7-17(9-13)12(20)16-8-10-14-5-6-15-10/h5-6H,2-4,7-9H2,1H3,(H,14,15)(H,16,20)(H,18,19). The van der Waals surface area contributed by atoms with E-state index in [0.29, 0.717) is 31.8 Å². The van der Waals surface area contributed by atoms with Crippen LogP contribution in [0.4, 0.5) is 4.79 Å². The first kappa shape index (κ1) is 14.4. The largest absolute Gasteiger partial charge is 0.481 e. The zero-order valence-corrected chi connectivity index (χ0v) is 11.6. The van der Waals surface area contributed by atoms with Crippen LogP contribution in [0, 0.1) is 5.41 Å². The van der Waals surface area contributed by atoms with Crippen LogP contribution in [0.1, 0.15) is 32.0 Å². The number of H-pyrrole nitrogens is 1. The van der Waals surface area contributed by atoms with Crippen molar-refractivity contribution < 1.29 is 14.7 Å². The van der Waals surface area contributed by atoms with Crippen LogP contribution in [0.15, 0.2) is 12.4 Å². The summed E-state index contributed by atoms with van der Waals surface area (Å²) in [5, 5.41) is 12.1. The van der Waals surface area contributed by atoms with Gasteiger partial charge in [-0.25, -0.2) is 9.78 Å². The zero-order valence-electron chi connectivity index (χ0n) is 11.6. The number of aromatic amines is 1. The van der Waals surface area contributed by atoms with Crippen molar-refractivity contribution in [2.75, 3.05) is 13.1 Å². The number of urea groups is 1. The average molecular weight is 280 g/mol. The monoisotopic (exact) mass is 280 g/mol. The number of carboxylic acid groups (broad SMARTS) is 1. The Labute approximate surface area is 117 Å². The molecule has 7 heteroatoms. The molecule has 2 rings (SSSR count). The molecule has 2 amide bonds. The van der Waals surface area contributed by atoms with E-state index in [4.69, 9.17) is 0 Å². The van der Waals surface area contributed by atoms with Gasteiger partial charge in [0.05, 0.1) is 12.0 Å². The molecule has 110 valence electrons. The van der Waals surface area contributed by atoms with Crippen molar-refractivity contribution in [2.24, 2.45) is 5.41 Å². The SMILES string of the molecule is CCCC1(C(=O)O)CCN(C(=O)NCc2ncc[nH]2)C1. The number of rotatable bonds is 5. The molecule has 0 aliphatic carbocycles. The van der Waals surface area contributed by atoms with Crippen molar-refractivity contribution in [2.45, 2.75) is 32.7 Å². The Balaban J connectivity index is 1.90. The van der Waals surface area contributed by atoms with E-state index in [1.165, 1.54) is 0 Å². The number of imidazole rings is 1. The van der Waals surface area contributed by atoms with Crippen LogP contribution >= 0.6 is 0 Å². The quantitative estimate of drug-likeness (QED) is 0.754. The van der Waals surface area contributed by atoms with Crippen molar-refractivity contribution in [1.82, 2.24) is 20.2 Å². The topological polar surface area (TPSA) is 98.3 Å². The molecule has 1 aromatic rings. The van der Waals surface area contributed by atoms with E-state index in [1.807, 2.05) is 6.92 Å². The van der Waals surface area contributed by atoms with Crippen LogP contribution in [0.3, 0.4) is 0 Å². The van der Waals surface area contributed by atoms with Crippen LogP contribution in [-0.2, 0) is 11.3 Å². The Morgan fingerprint density at radius 3 is 3.00 bits per heavy atom. The summed E-state index contributed by atoms with van der Waals surface area (Å²) in [6, 6.07) is -0.236. The molecular weight excluding hydrogens is 260 g/mol. The molecule has 1 unspecified atom stereocenters. The highest BCUT2D eigenvalue weighted by Crippen LogP contribution is 2.35. The maximum Gasteiger partial charge on any atom is 0.317 e. The minimum Gasteiger partial charge on any atom is -0.481 e. The van der Waals surface area contributed by atoms with Crippen molar-refractivity contribution in [1.29, 1.82) is 0 Å². The van der Waals surface area contributed by atoms with Crippen LogP contribution in [0.2, 0.25) is 0 Å². The van der Waals surface area contributed by atoms with E-state index in [9.17, 15) is 14.7 Å². The van der Waals surface area contributed by atoms with Crippen LogP contribution < -0.4 is 5.32 Å². The Bertz CT molecular complexity index is 474. The molecule has 1 aliphatic rings. The Kier molecular flexibility index (Phi) is 4.26. The van der Waals surface area contributed by atoms with Gasteiger partial charge in [0.15, 0.2) is 0 Å². The second kappa shape index (κ2) is 5.94. The number of hydrogen-bond acceptors (Lipinski definition) is 3. The van der Waals surface area contributed by atoms with E-state index in [-0.39, 0.29) is 12.6 Å². The number of amides is 2. The van der Waals surface area contributed by atoms with Gasteiger partial charge in [-0.3, -0.25) is 4.79 Å². The van der Waals surface area contributed by atoms with Crippen LogP contribution in [0.5, 0.6) is 0 Å². The summed E-state index contributed by atoms with van der Waals surface area (Å²) < 4.78 is 0. The molecule has 20 heavy (non-hydrogen) atoms. The van der Waals surface area contributed by atoms with Gasteiger partial charge in [0, 0.05) is 25.5 Å². The number of hydrogen-bond donors (Lipinski definition) is 3. The molecule has 1 aliphatic heterocycles. The van der Waals surface area contributed by atoms with E-state index < -0.39 is 11.4 Å². The summed E-state index contributed by atoms with van der Waals surface area (Å²) in [5.41, 5.74) is -0.781. The molecule has 1 fully saturated rings. The molecule has 1 atom stereocenters. The molecule has 2 heterocycles. The molecule has 0 saturated carbocycles. The first-order valence-electron chi connectivity index (χ1n) is 6.82. The zero-order chi connectivity index (χ0) is 14.6. The Morgan fingerprint density at radius 2 is 2.40 bits per heavy atom. The number of carbonyl (C=O) groups excluding carboxylic acids is 1. The van der Waals surface area contributed by atoms with Crippen molar-refractivity contribution in [3.63, 3.8) is 0 Å². The van der Waals surface area contributed by atoms with Crippen molar-refractivity contribution in [3.8, 4) is 0 Å². The highest BCUT2D eigenvalue weighted by Gasteiger charge is 2.45. The van der Waals surface area contributed by atoms with Gasteiger partial charge in [0.25, 0.3) is 0 Å². The van der Waals surface area contributed by atoms with E-state index in [0.717, 1.165) is 6.42 Å². The van der Waals surface area contributed by atoms with Gasteiger partial charge >= 0.3 is 12.0 Å². The van der Waals surface area contributed by atoms with Gasteiger partial charge < -0.3 is 20.3 Å². The van der Waals surface area contributed by atoms with Gasteiger partial charge in [-0.1, -0.05) is 13.3 Å². The van der Waals surface area contributed by atoms with Gasteiger partial charge in [0.1, 0.15) is 5.82 Å². The van der Waals surface area contributed by atoms with E-state index >= 15 is 0 Å². The van der Waals surface area contributed by atoms with Crippen LogP contribution in [0.25, 0.3) is 0 Å². The molecule has 0 spiro atoms. The van der Waals surface area contributed by atoms with E-state index in [2.05, 4.69) is 15.3 Å². The lowest BCUT2D eigenvalue weighted by molar-refractivity contribution is -0.148. The first-order valence-corrected chi connectivity index (χ1v) is 6.82. The molecule has 0 bridgehead atoms. The van der Waals surface area contributed by atoms with Gasteiger partial charge in [-0.05, 0) is 12.8 Å². The summed E-state index contributed by atoms with van der Waals surface area (Å²) in [5.74, 6) is -0.128. The third-order valence-corrected chi connectivity index (χ3v) is 3.79. The summed E-state index contributed by atoms with van der Waals surface area (Å²) in [6.07, 6.45) is 5.23. The fourth-order valence-electron chi connectivity index (χ4n) is 2.68. The first-order chi connectivity index (χ1) is 9.57. The normalized spacial score (nSPS) is 21.9. The Morgan fingerprint density at radius 1 is 1.60 bits per heavy atom. The third kappa shape index (κ3) is 2.92. The number of carbonyl (C=O) groups is 2. The number of nitrogens with zero attached hydrogens (tertiary/aromatic N) is 2. The molecule has 1 saturated heterocycles. The summed E-state index contributed by atoms with van der Waals surface area (Å²) in [6.45, 7) is 3.04. The van der Waals surface area contributed by atoms with E-state index in [1.54, 1.807) is 17.3 Å². The molecule has 7 nitrogen and oxygen atoms in total. The predicted molar refractivity (Wildman–Crippen MR) is 72.0 cm³/mol. The maximum atomic E-state index is 12.0. The minimum absolute atomic E-state index is 0.236. The molecule has 0 aromatic carbocycles. The maximum absolute atomic E-state index is 12.0. The Hall–Kier alpha value is -2.05. The van der Waals surface area contributed by atoms with Gasteiger partial charge in [0.2, 0.25) is 0 Å². The molecule has 0 radical (unpaired) electrons. The van der Waals surface area contributed by atoms with Crippen LogP contribution in [-0.4, -0.2) is 45.1 Å². The third-order valence-electron chi connectivity index (χ3n) is 3.79. The van der Waals surface area contributed by atoms with Crippen molar-refractivity contribution in [3.05, 3.63) is 18.2 Å². The lowest BCUT2D eigenvalue weighted by Gasteiger charge is -2.24. The molecule has 3 N–H and O–H groups in total. The van der Waals surface area contributed by atoms with Gasteiger partial charge in [-0.2, -0.15) is 0 Å². The highest BCUT2D eigenvalue weighted by atomic mass is 16.4. The summed E-state index contributed by atoms with van der Waals surface area (Å²) >= 11 is 0. The van der Waals surface area contributed by atoms with Crippen molar-refractivity contribution >= 4 is 12.0 Å². The number of nitrogens with one attached hydrogen (secondary N) is 2. The summed E-state index contributed by atoms with van der Waals surface area (Å²) in [7, 11) is 0. The highest BCUT2D eigenvalue weighted by molar-refractivity contribution is 5.79. The average Bonchev–Trinajstić information content (AvgIpc) is 3.06. The second-order valence-electron chi connectivity index (χ2n) is 5.20. The van der Waals surface area contributed by atoms with Gasteiger partial charge in [-0.15, -0.1) is 0 Å².